The van der Waals surface area contributed by atoms with Crippen LogP contribution < -0.4 is 24.3 Å². The highest BCUT2D eigenvalue weighted by Crippen LogP contribution is 2.32. The van der Waals surface area contributed by atoms with E-state index in [9.17, 15) is 9.59 Å². The molecule has 0 fully saturated rings. The highest BCUT2D eigenvalue weighted by atomic mass is 16.5. The largest absolute Gasteiger partial charge is 0.493 e. The van der Waals surface area contributed by atoms with Crippen molar-refractivity contribution in [3.05, 3.63) is 42.0 Å². The zero-order chi connectivity index (χ0) is 18.5. The van der Waals surface area contributed by atoms with E-state index >= 15 is 0 Å². The van der Waals surface area contributed by atoms with Gasteiger partial charge >= 0.3 is 5.97 Å². The van der Waals surface area contributed by atoms with E-state index in [-0.39, 0.29) is 24.9 Å². The average molecular weight is 357 g/mol. The van der Waals surface area contributed by atoms with Crippen LogP contribution >= 0.6 is 0 Å². The summed E-state index contributed by atoms with van der Waals surface area (Å²) in [6.07, 6.45) is 0.708. The van der Waals surface area contributed by atoms with Crippen molar-refractivity contribution in [2.75, 3.05) is 26.1 Å². The van der Waals surface area contributed by atoms with Gasteiger partial charge in [-0.3, -0.25) is 9.59 Å². The molecule has 0 aromatic heterocycles. The van der Waals surface area contributed by atoms with Gasteiger partial charge in [0.1, 0.15) is 11.5 Å². The van der Waals surface area contributed by atoms with E-state index in [1.54, 1.807) is 38.5 Å². The van der Waals surface area contributed by atoms with Gasteiger partial charge in [0.15, 0.2) is 18.1 Å². The van der Waals surface area contributed by atoms with Crippen LogP contribution in [0.4, 0.5) is 5.69 Å². The number of esters is 1. The molecule has 1 heterocycles. The summed E-state index contributed by atoms with van der Waals surface area (Å²) >= 11 is 0. The number of hydrogen-bond acceptors (Lipinski definition) is 6. The summed E-state index contributed by atoms with van der Waals surface area (Å²) in [6.45, 7) is -0.0164. The molecule has 0 radical (unpaired) electrons. The maximum Gasteiger partial charge on any atom is 0.311 e. The van der Waals surface area contributed by atoms with E-state index in [0.29, 0.717) is 35.1 Å². The Morgan fingerprint density at radius 3 is 2.69 bits per heavy atom. The summed E-state index contributed by atoms with van der Waals surface area (Å²) in [7, 11) is 3.13. The molecular formula is C19H19NO6. The number of hydrogen-bond donors (Lipinski definition) is 1. The van der Waals surface area contributed by atoms with Crippen LogP contribution in [0.15, 0.2) is 36.4 Å². The number of anilines is 1. The van der Waals surface area contributed by atoms with Crippen molar-refractivity contribution in [1.29, 1.82) is 0 Å². The van der Waals surface area contributed by atoms with Crippen molar-refractivity contribution in [3.63, 3.8) is 0 Å². The Hall–Kier alpha value is -3.22. The highest BCUT2D eigenvalue weighted by Gasteiger charge is 2.17. The summed E-state index contributed by atoms with van der Waals surface area (Å²) in [6, 6.07) is 10.4. The molecular weight excluding hydrogens is 338 g/mol. The van der Waals surface area contributed by atoms with Crippen LogP contribution in [0.1, 0.15) is 12.0 Å². The molecule has 7 nitrogen and oxygen atoms in total. The van der Waals surface area contributed by atoms with Gasteiger partial charge in [0.2, 0.25) is 0 Å². The van der Waals surface area contributed by atoms with E-state index in [4.69, 9.17) is 18.9 Å². The van der Waals surface area contributed by atoms with Gasteiger partial charge in [-0.2, -0.15) is 0 Å². The van der Waals surface area contributed by atoms with Crippen LogP contribution in [-0.4, -0.2) is 32.7 Å². The molecule has 0 atom stereocenters. The van der Waals surface area contributed by atoms with Crippen molar-refractivity contribution >= 4 is 17.6 Å². The zero-order valence-electron chi connectivity index (χ0n) is 14.5. The van der Waals surface area contributed by atoms with Crippen molar-refractivity contribution in [2.24, 2.45) is 0 Å². The zero-order valence-corrected chi connectivity index (χ0v) is 14.5. The molecule has 1 N–H and O–H groups in total. The smallest absolute Gasteiger partial charge is 0.311 e. The second-order valence-corrected chi connectivity index (χ2v) is 5.66. The third-order valence-corrected chi connectivity index (χ3v) is 3.88. The van der Waals surface area contributed by atoms with E-state index in [0.717, 1.165) is 5.56 Å². The Morgan fingerprint density at radius 2 is 1.92 bits per heavy atom. The average Bonchev–Trinajstić information content (AvgIpc) is 2.65. The lowest BCUT2D eigenvalue weighted by Crippen LogP contribution is -2.25. The van der Waals surface area contributed by atoms with Crippen molar-refractivity contribution in [2.45, 2.75) is 12.8 Å². The minimum Gasteiger partial charge on any atom is -0.493 e. The number of ether oxygens (including phenoxy) is 4. The van der Waals surface area contributed by atoms with Gasteiger partial charge in [0, 0.05) is 12.5 Å². The fourth-order valence-corrected chi connectivity index (χ4v) is 2.59. The molecule has 0 unspecified atom stereocenters. The van der Waals surface area contributed by atoms with Crippen LogP contribution in [0.25, 0.3) is 0 Å². The van der Waals surface area contributed by atoms with Crippen LogP contribution in [0, 0.1) is 0 Å². The number of carbonyl (C=O) groups excluding carboxylic acids is 2. The van der Waals surface area contributed by atoms with E-state index < -0.39 is 0 Å². The number of rotatable bonds is 6. The third kappa shape index (κ3) is 4.05. The molecule has 1 amide bonds. The van der Waals surface area contributed by atoms with Crippen LogP contribution in [0.5, 0.6) is 23.0 Å². The summed E-state index contributed by atoms with van der Waals surface area (Å²) in [5.41, 5.74) is 1.43. The topological polar surface area (TPSA) is 83.1 Å². The fraction of sp³-hybridized carbons (Fsp3) is 0.263. The Balaban J connectivity index is 1.59. The quantitative estimate of drug-likeness (QED) is 0.632. The monoisotopic (exact) mass is 357 g/mol. The Bertz CT molecular complexity index is 833. The Morgan fingerprint density at radius 1 is 1.12 bits per heavy atom. The number of amides is 1. The Kier molecular flexibility index (Phi) is 5.26. The number of carbonyl (C=O) groups is 2. The molecule has 1 aliphatic heterocycles. The molecule has 2 aromatic rings. The molecule has 2 aromatic carbocycles. The predicted octanol–water partition coefficient (Wildman–Crippen LogP) is 2.57. The first-order chi connectivity index (χ1) is 12.6. The summed E-state index contributed by atoms with van der Waals surface area (Å²) < 4.78 is 21.0. The van der Waals surface area contributed by atoms with E-state index in [1.807, 2.05) is 12.1 Å². The highest BCUT2D eigenvalue weighted by molar-refractivity contribution is 5.95. The second-order valence-electron chi connectivity index (χ2n) is 5.66. The normalized spacial score (nSPS) is 12.5. The molecule has 0 saturated heterocycles. The maximum absolute atomic E-state index is 12.1. The predicted molar refractivity (Wildman–Crippen MR) is 94.1 cm³/mol. The first kappa shape index (κ1) is 17.6. The third-order valence-electron chi connectivity index (χ3n) is 3.88. The van der Waals surface area contributed by atoms with E-state index in [1.165, 1.54) is 0 Å². The number of methoxy groups -OCH3 is 2. The minimum absolute atomic E-state index is 0.0164. The standard InChI is InChI=1S/C19H19NO6/c1-23-16-6-3-12(9-17(16)24-2)4-8-19(22)26-13-5-7-15-14(10-13)20-18(21)11-25-15/h3,5-7,9-10H,4,8,11H2,1-2H3,(H,20,21). The fourth-order valence-electron chi connectivity index (χ4n) is 2.59. The molecule has 0 spiro atoms. The van der Waals surface area contributed by atoms with Gasteiger partial charge < -0.3 is 24.3 Å². The lowest BCUT2D eigenvalue weighted by molar-refractivity contribution is -0.134. The number of nitrogens with one attached hydrogen (secondary N) is 1. The van der Waals surface area contributed by atoms with Crippen LogP contribution in [0.2, 0.25) is 0 Å². The molecule has 26 heavy (non-hydrogen) atoms. The molecule has 1 aliphatic rings. The van der Waals surface area contributed by atoms with Gasteiger partial charge in [-0.25, -0.2) is 0 Å². The summed E-state index contributed by atoms with van der Waals surface area (Å²) in [5, 5.41) is 2.67. The maximum atomic E-state index is 12.1. The SMILES string of the molecule is COc1ccc(CCC(=O)Oc2ccc3c(c2)NC(=O)CO3)cc1OC. The minimum atomic E-state index is -0.372. The van der Waals surface area contributed by atoms with Gasteiger partial charge in [0.25, 0.3) is 5.91 Å². The molecule has 0 saturated carbocycles. The van der Waals surface area contributed by atoms with Crippen molar-refractivity contribution in [1.82, 2.24) is 0 Å². The first-order valence-corrected chi connectivity index (χ1v) is 8.07. The van der Waals surface area contributed by atoms with E-state index in [2.05, 4.69) is 5.32 Å². The summed E-state index contributed by atoms with van der Waals surface area (Å²) in [4.78, 5) is 23.5. The molecule has 7 heteroatoms. The number of benzene rings is 2. The first-order valence-electron chi connectivity index (χ1n) is 8.07. The number of fused-ring (bicyclic) bond motifs is 1. The van der Waals surface area contributed by atoms with Gasteiger partial charge in [-0.05, 0) is 36.2 Å². The molecule has 0 bridgehead atoms. The van der Waals surface area contributed by atoms with Gasteiger partial charge in [-0.1, -0.05) is 6.07 Å². The summed E-state index contributed by atoms with van der Waals surface area (Å²) in [5.74, 6) is 1.54. The number of aryl methyl sites for hydroxylation is 1. The van der Waals surface area contributed by atoms with Crippen molar-refractivity contribution in [3.8, 4) is 23.0 Å². The molecule has 0 aliphatic carbocycles. The Labute approximate surface area is 150 Å². The van der Waals surface area contributed by atoms with Crippen LogP contribution in [-0.2, 0) is 16.0 Å². The van der Waals surface area contributed by atoms with Gasteiger partial charge in [-0.15, -0.1) is 0 Å². The lowest BCUT2D eigenvalue weighted by atomic mass is 10.1. The second kappa shape index (κ2) is 7.77. The van der Waals surface area contributed by atoms with Crippen LogP contribution in [0.3, 0.4) is 0 Å². The molecule has 3 rings (SSSR count). The van der Waals surface area contributed by atoms with Gasteiger partial charge in [0.05, 0.1) is 19.9 Å². The van der Waals surface area contributed by atoms with Crippen molar-refractivity contribution < 1.29 is 28.5 Å². The molecule has 136 valence electrons. The lowest BCUT2D eigenvalue weighted by Gasteiger charge is -2.18.